The van der Waals surface area contributed by atoms with Gasteiger partial charge in [-0.2, -0.15) is 0 Å². The lowest BCUT2D eigenvalue weighted by Gasteiger charge is -2.44. The number of carbonyl (C=O) groups excluding carboxylic acids is 4. The normalized spacial score (nSPS) is 22.4. The number of aliphatic imine (C=N–C) groups is 1. The Morgan fingerprint density at radius 3 is 2.21 bits per heavy atom. The number of ether oxygens (including phenoxy) is 2. The van der Waals surface area contributed by atoms with E-state index in [1.807, 2.05) is 64.1 Å². The minimum absolute atomic E-state index is 0.115. The molecule has 4 N–H and O–H groups in total. The largest absolute Gasteiger partial charge is 0.453 e. The number of H-pyrrole nitrogens is 1. The van der Waals surface area contributed by atoms with Crippen LogP contribution >= 0.6 is 0 Å². The summed E-state index contributed by atoms with van der Waals surface area (Å²) in [5.74, 6) is 6.40. The summed E-state index contributed by atoms with van der Waals surface area (Å²) in [5.41, 5.74) is 4.19. The second kappa shape index (κ2) is 16.7. The van der Waals surface area contributed by atoms with Gasteiger partial charge in [-0.05, 0) is 96.7 Å². The molecule has 0 unspecified atom stereocenters. The number of likely N-dealkylation sites (tertiary alicyclic amines) is 2. The zero-order valence-corrected chi connectivity index (χ0v) is 35.5. The number of alkyl carbamates (subject to hydrolysis) is 2. The van der Waals surface area contributed by atoms with Crippen LogP contribution in [0.1, 0.15) is 88.4 Å². The molecule has 6 atom stereocenters. The van der Waals surface area contributed by atoms with E-state index < -0.39 is 30.0 Å². The van der Waals surface area contributed by atoms with E-state index in [4.69, 9.17) is 19.5 Å². The third-order valence-electron chi connectivity index (χ3n) is 12.8. The van der Waals surface area contributed by atoms with Crippen LogP contribution in [0.2, 0.25) is 0 Å². The van der Waals surface area contributed by atoms with E-state index in [9.17, 15) is 24.3 Å². The molecule has 4 aliphatic rings. The number of nitrogens with one attached hydrogen (secondary N) is 3. The first-order valence-corrected chi connectivity index (χ1v) is 21.2. The Labute approximate surface area is 355 Å². The van der Waals surface area contributed by atoms with Crippen molar-refractivity contribution >= 4 is 46.2 Å². The quantitative estimate of drug-likeness (QED) is 0.140. The number of hydrogen-bond donors (Lipinski definition) is 4. The number of rotatable bonds is 9. The third kappa shape index (κ3) is 7.83. The zero-order valence-electron chi connectivity index (χ0n) is 35.5. The van der Waals surface area contributed by atoms with E-state index in [0.29, 0.717) is 30.9 Å². The molecule has 1 aromatic heterocycles. The number of aromatic nitrogens is 2. The van der Waals surface area contributed by atoms with Gasteiger partial charge in [0.2, 0.25) is 11.8 Å². The third-order valence-corrected chi connectivity index (χ3v) is 12.8. The lowest BCUT2D eigenvalue weighted by molar-refractivity contribution is -0.157. The van der Waals surface area contributed by atoms with E-state index in [2.05, 4.69) is 45.7 Å². The topological polar surface area (TPSA) is 179 Å². The Bertz CT molecular complexity index is 2480. The lowest BCUT2D eigenvalue weighted by atomic mass is 9.87. The van der Waals surface area contributed by atoms with E-state index in [0.717, 1.165) is 70.1 Å². The maximum atomic E-state index is 14.0. The number of piperidine rings is 1. The smallest absolute Gasteiger partial charge is 0.407 e. The minimum atomic E-state index is -1.54. The molecule has 4 aromatic rings. The molecule has 14 heteroatoms. The van der Waals surface area contributed by atoms with Gasteiger partial charge in [-0.15, -0.1) is 0 Å². The molecule has 0 spiro atoms. The average molecular weight is 828 g/mol. The maximum absolute atomic E-state index is 14.0. The number of carbonyl (C=O) groups is 4. The van der Waals surface area contributed by atoms with Crippen molar-refractivity contribution in [2.75, 3.05) is 20.8 Å². The van der Waals surface area contributed by atoms with Gasteiger partial charge in [0.15, 0.2) is 5.72 Å². The fourth-order valence-corrected chi connectivity index (χ4v) is 9.58. The Morgan fingerprint density at radius 2 is 1.51 bits per heavy atom. The summed E-state index contributed by atoms with van der Waals surface area (Å²) in [6.07, 6.45) is 4.77. The molecule has 2 bridgehead atoms. The molecule has 3 aliphatic heterocycles. The number of hydrogen-bond acceptors (Lipinski definition) is 9. The molecule has 1 aliphatic carbocycles. The molecule has 2 saturated heterocycles. The van der Waals surface area contributed by atoms with Crippen LogP contribution in [-0.2, 0) is 25.5 Å². The number of nitrogens with zero attached hydrogens (tertiary/aromatic N) is 4. The van der Waals surface area contributed by atoms with Gasteiger partial charge < -0.3 is 40.0 Å². The highest BCUT2D eigenvalue weighted by Crippen LogP contribution is 2.51. The maximum Gasteiger partial charge on any atom is 0.407 e. The van der Waals surface area contributed by atoms with Crippen molar-refractivity contribution in [3.8, 4) is 23.1 Å². The molecular formula is C47H53N7O7. The van der Waals surface area contributed by atoms with Crippen molar-refractivity contribution in [1.29, 1.82) is 0 Å². The standard InChI is InChI=1S/C47H53N7O7/c1-26(2)40(51-45(57)60-5)43(55)53-19-7-8-38(53)42-48-25-37(50-42)32-15-14-30-20-28(11-13-31(30)22-32)9-10-29-12-18-36-33(21-29)23-39(49-36)47(59)34-16-17-35(24-34)54(47)44(56)41(27(3)4)52-46(58)61-6/h11-15,18,20-22,25-27,34-35,38,40-41,59H,7-8,16-17,19,23-24H2,1-6H3,(H,48,50)(H,51,57)(H,52,58)/t34-,35+,38-,40-,41-,47+/m0/s1. The first-order valence-electron chi connectivity index (χ1n) is 21.2. The number of imidazole rings is 1. The van der Waals surface area contributed by atoms with Crippen LogP contribution in [0.5, 0.6) is 0 Å². The van der Waals surface area contributed by atoms with Crippen LogP contribution in [0.3, 0.4) is 0 Å². The van der Waals surface area contributed by atoms with Gasteiger partial charge >= 0.3 is 12.2 Å². The molecule has 1 saturated carbocycles. The lowest BCUT2D eigenvalue weighted by Crippen LogP contribution is -2.64. The van der Waals surface area contributed by atoms with Crippen molar-refractivity contribution in [2.24, 2.45) is 22.7 Å². The summed E-state index contributed by atoms with van der Waals surface area (Å²) in [4.78, 5) is 68.2. The zero-order chi connectivity index (χ0) is 43.2. The van der Waals surface area contributed by atoms with Crippen LogP contribution in [-0.4, -0.2) is 99.2 Å². The van der Waals surface area contributed by atoms with Crippen molar-refractivity contribution < 1.29 is 33.8 Å². The Kier molecular flexibility index (Phi) is 11.4. The van der Waals surface area contributed by atoms with Crippen LogP contribution < -0.4 is 10.6 Å². The van der Waals surface area contributed by atoms with Gasteiger partial charge in [0.25, 0.3) is 0 Å². The molecule has 4 heterocycles. The predicted octanol–water partition coefficient (Wildman–Crippen LogP) is 6.38. The molecule has 4 amide bonds. The van der Waals surface area contributed by atoms with Crippen molar-refractivity contribution in [1.82, 2.24) is 30.4 Å². The van der Waals surface area contributed by atoms with E-state index >= 15 is 0 Å². The van der Waals surface area contributed by atoms with Crippen molar-refractivity contribution in [3.63, 3.8) is 0 Å². The van der Waals surface area contributed by atoms with Crippen LogP contribution in [0.25, 0.3) is 22.0 Å². The van der Waals surface area contributed by atoms with Crippen LogP contribution in [0.15, 0.2) is 65.8 Å². The number of amides is 4. The predicted molar refractivity (Wildman–Crippen MR) is 230 cm³/mol. The molecule has 14 nitrogen and oxygen atoms in total. The fraction of sp³-hybridized carbons (Fsp3) is 0.447. The molecule has 8 rings (SSSR count). The number of aromatic amines is 1. The molecule has 3 aromatic carbocycles. The Morgan fingerprint density at radius 1 is 0.852 bits per heavy atom. The van der Waals surface area contributed by atoms with Crippen LogP contribution in [0, 0.1) is 29.6 Å². The van der Waals surface area contributed by atoms with Gasteiger partial charge in [0.1, 0.15) is 17.9 Å². The van der Waals surface area contributed by atoms with Gasteiger partial charge in [0, 0.05) is 41.6 Å². The first-order chi connectivity index (χ1) is 29.3. The second-order valence-corrected chi connectivity index (χ2v) is 17.3. The second-order valence-electron chi connectivity index (χ2n) is 17.3. The minimum Gasteiger partial charge on any atom is -0.453 e. The monoisotopic (exact) mass is 827 g/mol. The van der Waals surface area contributed by atoms with Crippen molar-refractivity contribution in [3.05, 3.63) is 83.3 Å². The highest BCUT2D eigenvalue weighted by atomic mass is 16.5. The Balaban J connectivity index is 0.950. The molecular weight excluding hydrogens is 775 g/mol. The molecule has 318 valence electrons. The summed E-state index contributed by atoms with van der Waals surface area (Å²) in [7, 11) is 2.55. The highest BCUT2D eigenvalue weighted by Gasteiger charge is 2.61. The summed E-state index contributed by atoms with van der Waals surface area (Å²) >= 11 is 0. The number of methoxy groups -OCH3 is 2. The van der Waals surface area contributed by atoms with E-state index in [-0.39, 0.29) is 41.7 Å². The molecule has 0 radical (unpaired) electrons. The van der Waals surface area contributed by atoms with Crippen LogP contribution in [0.4, 0.5) is 15.3 Å². The van der Waals surface area contributed by atoms with Gasteiger partial charge in [-0.1, -0.05) is 57.7 Å². The average Bonchev–Trinajstić information content (AvgIpc) is 4.11. The van der Waals surface area contributed by atoms with Gasteiger partial charge in [-0.25, -0.2) is 14.6 Å². The summed E-state index contributed by atoms with van der Waals surface area (Å²) in [5, 5.41) is 19.9. The Hall–Kier alpha value is -6.20. The first kappa shape index (κ1) is 41.5. The summed E-state index contributed by atoms with van der Waals surface area (Å²) in [6, 6.07) is 16.3. The molecule has 61 heavy (non-hydrogen) atoms. The number of fused-ring (bicyclic) bond motifs is 4. The fourth-order valence-electron chi connectivity index (χ4n) is 9.58. The number of aliphatic hydroxyl groups is 1. The summed E-state index contributed by atoms with van der Waals surface area (Å²) < 4.78 is 9.56. The SMILES string of the molecule is COC(=O)N[C@H](C(=O)N1CCC[C@H]1c1ncc(-c2ccc3cc(C#Cc4ccc5c(c4)CC([C@]4(O)[C@H]6CC[C@H](C6)N4C(=O)[C@@H](NC(=O)OC)C(C)C)=N5)ccc3c2)[nH]1)C(C)C. The van der Waals surface area contributed by atoms with E-state index in [1.54, 1.807) is 16.0 Å². The van der Waals surface area contributed by atoms with E-state index in [1.165, 1.54) is 14.2 Å². The van der Waals surface area contributed by atoms with Crippen molar-refractivity contribution in [2.45, 2.75) is 96.1 Å². The molecule has 3 fully saturated rings. The van der Waals surface area contributed by atoms with Gasteiger partial charge in [-0.3, -0.25) is 14.6 Å². The summed E-state index contributed by atoms with van der Waals surface area (Å²) in [6.45, 7) is 8.10. The van der Waals surface area contributed by atoms with Gasteiger partial charge in [0.05, 0.1) is 43.6 Å². The number of benzene rings is 3. The highest BCUT2D eigenvalue weighted by molar-refractivity contribution is 6.03.